The maximum Gasteiger partial charge on any atom is 0.356 e. The quantitative estimate of drug-likeness (QED) is 0.793. The van der Waals surface area contributed by atoms with Crippen LogP contribution in [0.4, 0.5) is 5.69 Å². The minimum Gasteiger partial charge on any atom is -0.464 e. The zero-order valence-corrected chi connectivity index (χ0v) is 10.6. The summed E-state index contributed by atoms with van der Waals surface area (Å²) in [5, 5.41) is 6.83. The van der Waals surface area contributed by atoms with Crippen molar-refractivity contribution in [3.05, 3.63) is 24.0 Å². The summed E-state index contributed by atoms with van der Waals surface area (Å²) in [6.45, 7) is 2.12. The average molecular weight is 249 g/mol. The van der Waals surface area contributed by atoms with E-state index < -0.39 is 5.97 Å². The van der Waals surface area contributed by atoms with Gasteiger partial charge in [0, 0.05) is 17.9 Å². The number of anilines is 1. The van der Waals surface area contributed by atoms with Crippen LogP contribution in [0.15, 0.2) is 18.3 Å². The molecule has 0 bridgehead atoms. The molecule has 0 radical (unpaired) electrons. The van der Waals surface area contributed by atoms with Crippen molar-refractivity contribution in [1.29, 1.82) is 0 Å². The Bertz CT molecular complexity index is 401. The van der Waals surface area contributed by atoms with Crippen molar-refractivity contribution in [3.63, 3.8) is 0 Å². The number of carbonyl (C=O) groups is 1. The Morgan fingerprint density at radius 1 is 1.50 bits per heavy atom. The number of methoxy groups -OCH3 is 1. The Morgan fingerprint density at radius 3 is 3.22 bits per heavy atom. The Morgan fingerprint density at radius 2 is 2.39 bits per heavy atom. The number of aromatic nitrogens is 1. The van der Waals surface area contributed by atoms with E-state index in [4.69, 9.17) is 0 Å². The summed E-state index contributed by atoms with van der Waals surface area (Å²) < 4.78 is 4.66. The van der Waals surface area contributed by atoms with Gasteiger partial charge in [-0.15, -0.1) is 0 Å². The number of hydrogen-bond acceptors (Lipinski definition) is 5. The van der Waals surface area contributed by atoms with Crippen molar-refractivity contribution < 1.29 is 9.53 Å². The first-order chi connectivity index (χ1) is 8.79. The van der Waals surface area contributed by atoms with Crippen LogP contribution in [0.1, 0.15) is 29.8 Å². The molecular weight excluding hydrogens is 230 g/mol. The Labute approximate surface area is 107 Å². The van der Waals surface area contributed by atoms with Gasteiger partial charge in [0.1, 0.15) is 5.69 Å². The van der Waals surface area contributed by atoms with E-state index in [-0.39, 0.29) is 0 Å². The summed E-state index contributed by atoms with van der Waals surface area (Å²) in [7, 11) is 1.36. The summed E-state index contributed by atoms with van der Waals surface area (Å²) >= 11 is 0. The van der Waals surface area contributed by atoms with Crippen LogP contribution < -0.4 is 10.6 Å². The first-order valence-electron chi connectivity index (χ1n) is 6.31. The van der Waals surface area contributed by atoms with Crippen LogP contribution in [-0.2, 0) is 4.74 Å². The zero-order valence-electron chi connectivity index (χ0n) is 10.6. The molecule has 1 aliphatic heterocycles. The van der Waals surface area contributed by atoms with Crippen LogP contribution in [0.3, 0.4) is 0 Å². The second-order valence-corrected chi connectivity index (χ2v) is 4.44. The minimum atomic E-state index is -0.402. The molecule has 5 heteroatoms. The van der Waals surface area contributed by atoms with E-state index in [1.165, 1.54) is 13.5 Å². The van der Waals surface area contributed by atoms with Crippen LogP contribution in [0.5, 0.6) is 0 Å². The molecule has 1 aromatic rings. The first kappa shape index (κ1) is 12.8. The van der Waals surface area contributed by atoms with Gasteiger partial charge in [-0.2, -0.15) is 0 Å². The summed E-state index contributed by atoms with van der Waals surface area (Å²) in [6.07, 6.45) is 5.04. The second kappa shape index (κ2) is 6.35. The van der Waals surface area contributed by atoms with Gasteiger partial charge < -0.3 is 15.4 Å². The highest BCUT2D eigenvalue weighted by Crippen LogP contribution is 2.15. The van der Waals surface area contributed by atoms with Gasteiger partial charge in [0.25, 0.3) is 0 Å². The van der Waals surface area contributed by atoms with Gasteiger partial charge in [-0.25, -0.2) is 9.78 Å². The van der Waals surface area contributed by atoms with E-state index in [1.54, 1.807) is 12.3 Å². The lowest BCUT2D eigenvalue weighted by Gasteiger charge is -2.17. The Kier molecular flexibility index (Phi) is 4.52. The van der Waals surface area contributed by atoms with E-state index in [0.29, 0.717) is 11.7 Å². The van der Waals surface area contributed by atoms with Crippen LogP contribution >= 0.6 is 0 Å². The third kappa shape index (κ3) is 3.43. The maximum absolute atomic E-state index is 11.4. The number of pyridine rings is 1. The molecule has 1 aliphatic rings. The molecule has 2 heterocycles. The molecule has 2 rings (SSSR count). The lowest BCUT2D eigenvalue weighted by molar-refractivity contribution is 0.0594. The Hall–Kier alpha value is -1.62. The van der Waals surface area contributed by atoms with Gasteiger partial charge in [-0.3, -0.25) is 0 Å². The number of hydrogen-bond donors (Lipinski definition) is 2. The molecule has 1 aromatic heterocycles. The predicted molar refractivity (Wildman–Crippen MR) is 69.7 cm³/mol. The van der Waals surface area contributed by atoms with E-state index in [9.17, 15) is 4.79 Å². The summed E-state index contributed by atoms with van der Waals surface area (Å²) in [5.41, 5.74) is 1.27. The molecular formula is C13H19N3O2. The molecule has 1 fully saturated rings. The molecule has 1 unspecified atom stereocenters. The Balaban J connectivity index is 2.01. The fourth-order valence-electron chi connectivity index (χ4n) is 2.14. The summed E-state index contributed by atoms with van der Waals surface area (Å²) in [5.74, 6) is -0.402. The van der Waals surface area contributed by atoms with Crippen molar-refractivity contribution in [1.82, 2.24) is 10.3 Å². The fraction of sp³-hybridized carbons (Fsp3) is 0.538. The molecule has 0 aliphatic carbocycles. The SMILES string of the molecule is COC(=O)c1cc(NC2CCCNCC2)ccn1. The normalized spacial score (nSPS) is 19.9. The van der Waals surface area contributed by atoms with E-state index >= 15 is 0 Å². The van der Waals surface area contributed by atoms with Gasteiger partial charge in [0.2, 0.25) is 0 Å². The molecule has 5 nitrogen and oxygen atoms in total. The number of carbonyl (C=O) groups excluding carboxylic acids is 1. The summed E-state index contributed by atoms with van der Waals surface area (Å²) in [4.78, 5) is 15.4. The maximum atomic E-state index is 11.4. The molecule has 0 amide bonds. The number of nitrogens with zero attached hydrogens (tertiary/aromatic N) is 1. The van der Waals surface area contributed by atoms with Crippen molar-refractivity contribution in [2.45, 2.75) is 25.3 Å². The van der Waals surface area contributed by atoms with Gasteiger partial charge in [-0.05, 0) is 44.5 Å². The van der Waals surface area contributed by atoms with Crippen LogP contribution in [-0.4, -0.2) is 37.2 Å². The average Bonchev–Trinajstić information content (AvgIpc) is 2.67. The summed E-state index contributed by atoms with van der Waals surface area (Å²) in [6, 6.07) is 4.07. The topological polar surface area (TPSA) is 63.2 Å². The third-order valence-electron chi connectivity index (χ3n) is 3.10. The van der Waals surface area contributed by atoms with E-state index in [1.807, 2.05) is 6.07 Å². The number of nitrogens with one attached hydrogen (secondary N) is 2. The van der Waals surface area contributed by atoms with Crippen molar-refractivity contribution >= 4 is 11.7 Å². The molecule has 2 N–H and O–H groups in total. The first-order valence-corrected chi connectivity index (χ1v) is 6.31. The minimum absolute atomic E-state index is 0.342. The van der Waals surface area contributed by atoms with Crippen LogP contribution in [0.2, 0.25) is 0 Å². The molecule has 98 valence electrons. The number of rotatable bonds is 3. The van der Waals surface area contributed by atoms with Crippen molar-refractivity contribution in [3.8, 4) is 0 Å². The van der Waals surface area contributed by atoms with Crippen LogP contribution in [0.25, 0.3) is 0 Å². The predicted octanol–water partition coefficient (Wildman–Crippen LogP) is 1.42. The largest absolute Gasteiger partial charge is 0.464 e. The molecule has 0 aromatic carbocycles. The lowest BCUT2D eigenvalue weighted by atomic mass is 10.1. The molecule has 0 saturated carbocycles. The zero-order chi connectivity index (χ0) is 12.8. The molecule has 1 atom stereocenters. The van der Waals surface area contributed by atoms with Gasteiger partial charge in [0.15, 0.2) is 0 Å². The van der Waals surface area contributed by atoms with Crippen molar-refractivity contribution in [2.75, 3.05) is 25.5 Å². The molecule has 0 spiro atoms. The number of ether oxygens (including phenoxy) is 1. The lowest BCUT2D eigenvalue weighted by Crippen LogP contribution is -2.21. The van der Waals surface area contributed by atoms with E-state index in [2.05, 4.69) is 20.4 Å². The monoisotopic (exact) mass is 249 g/mol. The fourth-order valence-corrected chi connectivity index (χ4v) is 2.14. The van der Waals surface area contributed by atoms with E-state index in [0.717, 1.165) is 31.6 Å². The van der Waals surface area contributed by atoms with Gasteiger partial charge in [-0.1, -0.05) is 0 Å². The smallest absolute Gasteiger partial charge is 0.356 e. The van der Waals surface area contributed by atoms with Gasteiger partial charge in [0.05, 0.1) is 7.11 Å². The van der Waals surface area contributed by atoms with Crippen LogP contribution in [0, 0.1) is 0 Å². The van der Waals surface area contributed by atoms with Gasteiger partial charge >= 0.3 is 5.97 Å². The molecule has 18 heavy (non-hydrogen) atoms. The highest BCUT2D eigenvalue weighted by Gasteiger charge is 2.13. The third-order valence-corrected chi connectivity index (χ3v) is 3.10. The van der Waals surface area contributed by atoms with Crippen molar-refractivity contribution in [2.24, 2.45) is 0 Å². The highest BCUT2D eigenvalue weighted by atomic mass is 16.5. The standard InChI is InChI=1S/C13H19N3O2/c1-18-13(17)12-9-11(5-8-15-12)16-10-3-2-6-14-7-4-10/h5,8-10,14H,2-4,6-7H2,1H3,(H,15,16). The second-order valence-electron chi connectivity index (χ2n) is 4.44. The highest BCUT2D eigenvalue weighted by molar-refractivity contribution is 5.88. The number of esters is 1. The molecule has 1 saturated heterocycles.